The molecule has 6 unspecified atom stereocenters. The molecule has 224 valence electrons. The van der Waals surface area contributed by atoms with Crippen LogP contribution in [0, 0.1) is 23.2 Å². The van der Waals surface area contributed by atoms with E-state index >= 15 is 0 Å². The van der Waals surface area contributed by atoms with E-state index in [9.17, 15) is 4.79 Å². The Labute approximate surface area is 258 Å². The number of fused-ring (bicyclic) bond motifs is 3. The number of guanidine groups is 1. The highest BCUT2D eigenvalue weighted by molar-refractivity contribution is 6.35. The molecule has 1 aromatic heterocycles. The number of halogens is 2. The maximum atomic E-state index is 13.3. The predicted molar refractivity (Wildman–Crippen MR) is 174 cm³/mol. The molecule has 2 bridgehead atoms. The molecule has 9 heteroatoms. The Morgan fingerprint density at radius 2 is 1.86 bits per heavy atom. The zero-order valence-corrected chi connectivity index (χ0v) is 26.7. The number of piperazine rings is 1. The normalized spacial score (nSPS) is 28.9. The summed E-state index contributed by atoms with van der Waals surface area (Å²) < 4.78 is 1.65. The van der Waals surface area contributed by atoms with Gasteiger partial charge < -0.3 is 15.5 Å². The third-order valence-corrected chi connectivity index (χ3v) is 10.8. The Morgan fingerprint density at radius 3 is 2.55 bits per heavy atom. The lowest BCUT2D eigenvalue weighted by Gasteiger charge is -2.61. The van der Waals surface area contributed by atoms with Gasteiger partial charge >= 0.3 is 0 Å². The van der Waals surface area contributed by atoms with Gasteiger partial charge in [-0.15, -0.1) is 0 Å². The van der Waals surface area contributed by atoms with E-state index in [1.54, 1.807) is 17.0 Å². The van der Waals surface area contributed by atoms with Crippen molar-refractivity contribution in [3.8, 4) is 0 Å². The van der Waals surface area contributed by atoms with Crippen LogP contribution in [0.15, 0.2) is 52.5 Å². The van der Waals surface area contributed by atoms with Crippen molar-refractivity contribution >= 4 is 45.8 Å². The second-order valence-corrected chi connectivity index (χ2v) is 14.3. The molecule has 7 rings (SSSR count). The summed E-state index contributed by atoms with van der Waals surface area (Å²) >= 11 is 12.4. The Morgan fingerprint density at radius 1 is 1.10 bits per heavy atom. The SMILES string of the molecule is CC1CN(C(=NC2CC3CC(C2C)C3(C)C)Nc2ccc3c(=O)n(CCc4ccc(Cl)cc4Cl)cnc3c2)CC(C)N1. The van der Waals surface area contributed by atoms with Gasteiger partial charge in [-0.05, 0) is 92.2 Å². The summed E-state index contributed by atoms with van der Waals surface area (Å²) in [5.41, 5.74) is 2.87. The minimum Gasteiger partial charge on any atom is -0.340 e. The molecule has 6 atom stereocenters. The minimum absolute atomic E-state index is 0.0619. The average Bonchev–Trinajstić information content (AvgIpc) is 2.93. The summed E-state index contributed by atoms with van der Waals surface area (Å²) in [4.78, 5) is 25.8. The summed E-state index contributed by atoms with van der Waals surface area (Å²) in [5, 5.41) is 9.11. The van der Waals surface area contributed by atoms with Crippen LogP contribution >= 0.6 is 23.2 Å². The van der Waals surface area contributed by atoms with Crippen molar-refractivity contribution in [1.29, 1.82) is 0 Å². The second kappa shape index (κ2) is 11.5. The van der Waals surface area contributed by atoms with E-state index in [0.29, 0.717) is 63.4 Å². The first kappa shape index (κ1) is 29.5. The third kappa shape index (κ3) is 5.68. The summed E-state index contributed by atoms with van der Waals surface area (Å²) in [6.07, 6.45) is 4.73. The Hall–Kier alpha value is -2.61. The Bertz CT molecular complexity index is 1560. The van der Waals surface area contributed by atoms with E-state index in [2.05, 4.69) is 55.1 Å². The fraction of sp³-hybridized carbons (Fsp3) is 0.545. The highest BCUT2D eigenvalue weighted by Gasteiger charge is 2.56. The maximum Gasteiger partial charge on any atom is 0.261 e. The molecule has 7 nitrogen and oxygen atoms in total. The third-order valence-electron chi connectivity index (χ3n) is 10.2. The fourth-order valence-corrected chi connectivity index (χ4v) is 8.14. The zero-order valence-electron chi connectivity index (χ0n) is 25.2. The lowest BCUT2D eigenvalue weighted by Crippen LogP contribution is -2.59. The number of nitrogens with one attached hydrogen (secondary N) is 2. The zero-order chi connectivity index (χ0) is 29.8. The molecule has 4 aliphatic rings. The first-order valence-electron chi connectivity index (χ1n) is 15.3. The number of aliphatic imine (C=N–C) groups is 1. The summed E-state index contributed by atoms with van der Waals surface area (Å²) in [7, 11) is 0. The van der Waals surface area contributed by atoms with Crippen molar-refractivity contribution in [2.75, 3.05) is 18.4 Å². The number of anilines is 1. The van der Waals surface area contributed by atoms with Crippen LogP contribution in [0.25, 0.3) is 10.9 Å². The fourth-order valence-electron chi connectivity index (χ4n) is 7.63. The van der Waals surface area contributed by atoms with Gasteiger partial charge in [-0.1, -0.05) is 50.0 Å². The largest absolute Gasteiger partial charge is 0.340 e. The van der Waals surface area contributed by atoms with Gasteiger partial charge in [0.05, 0.1) is 23.3 Å². The van der Waals surface area contributed by atoms with Crippen molar-refractivity contribution in [2.24, 2.45) is 28.2 Å². The van der Waals surface area contributed by atoms with E-state index in [4.69, 9.17) is 28.2 Å². The average molecular weight is 610 g/mol. The molecular formula is C33H42Cl2N6O. The Kier molecular flexibility index (Phi) is 8.05. The van der Waals surface area contributed by atoms with Crippen LogP contribution in [-0.2, 0) is 13.0 Å². The molecule has 2 heterocycles. The first-order valence-corrected chi connectivity index (χ1v) is 16.0. The molecule has 1 aliphatic heterocycles. The summed E-state index contributed by atoms with van der Waals surface area (Å²) in [5.74, 6) is 2.96. The van der Waals surface area contributed by atoms with Crippen LogP contribution in [0.5, 0.6) is 0 Å². The highest BCUT2D eigenvalue weighted by Crippen LogP contribution is 2.61. The molecule has 3 aromatic rings. The predicted octanol–water partition coefficient (Wildman–Crippen LogP) is 6.47. The molecular weight excluding hydrogens is 567 g/mol. The van der Waals surface area contributed by atoms with Crippen molar-refractivity contribution in [3.05, 3.63) is 68.7 Å². The van der Waals surface area contributed by atoms with E-state index in [0.717, 1.165) is 48.6 Å². The van der Waals surface area contributed by atoms with Gasteiger partial charge in [0.1, 0.15) is 0 Å². The number of hydrogen-bond acceptors (Lipinski definition) is 4. The van der Waals surface area contributed by atoms with Gasteiger partial charge in [0.15, 0.2) is 5.96 Å². The van der Waals surface area contributed by atoms with Gasteiger partial charge in [0.25, 0.3) is 5.56 Å². The van der Waals surface area contributed by atoms with Gasteiger partial charge in [-0.25, -0.2) is 9.98 Å². The van der Waals surface area contributed by atoms with Crippen molar-refractivity contribution in [1.82, 2.24) is 19.8 Å². The van der Waals surface area contributed by atoms with Crippen LogP contribution < -0.4 is 16.2 Å². The standard InChI is InChI=1S/C33H42Cl2N6O/c1-19-16-41(17-20(2)37-19)32(39-29-13-23-12-27(21(29)3)33(23,4)5)38-25-8-9-26-30(15-25)36-18-40(31(26)42)11-10-22-6-7-24(34)14-28(22)35/h6-9,14-15,18-21,23,27,29,37H,10-13,16-17H2,1-5H3,(H,38,39). The molecule has 2 N–H and O–H groups in total. The maximum absolute atomic E-state index is 13.3. The van der Waals surface area contributed by atoms with Crippen molar-refractivity contribution in [2.45, 2.75) is 78.6 Å². The van der Waals surface area contributed by atoms with E-state index in [-0.39, 0.29) is 5.56 Å². The number of rotatable bonds is 5. The number of benzene rings is 2. The quantitative estimate of drug-likeness (QED) is 0.256. The van der Waals surface area contributed by atoms with Gasteiger partial charge in [-0.2, -0.15) is 0 Å². The Balaban J connectivity index is 1.24. The molecule has 1 saturated heterocycles. The topological polar surface area (TPSA) is 74.5 Å². The van der Waals surface area contributed by atoms with E-state index in [1.807, 2.05) is 30.3 Å². The van der Waals surface area contributed by atoms with Gasteiger partial charge in [0, 0.05) is 47.5 Å². The molecule has 0 amide bonds. The van der Waals surface area contributed by atoms with Crippen LogP contribution in [0.2, 0.25) is 10.0 Å². The van der Waals surface area contributed by atoms with Crippen LogP contribution in [-0.4, -0.2) is 51.6 Å². The van der Waals surface area contributed by atoms with Crippen LogP contribution in [0.1, 0.15) is 53.0 Å². The molecule has 3 aliphatic carbocycles. The van der Waals surface area contributed by atoms with Crippen molar-refractivity contribution < 1.29 is 0 Å². The molecule has 42 heavy (non-hydrogen) atoms. The number of aryl methyl sites for hydroxylation is 2. The second-order valence-electron chi connectivity index (χ2n) is 13.4. The van der Waals surface area contributed by atoms with E-state index in [1.165, 1.54) is 6.42 Å². The summed E-state index contributed by atoms with van der Waals surface area (Å²) in [6, 6.07) is 12.3. The molecule has 2 aromatic carbocycles. The molecule has 0 spiro atoms. The number of nitrogens with zero attached hydrogens (tertiary/aromatic N) is 4. The summed E-state index contributed by atoms with van der Waals surface area (Å²) in [6.45, 7) is 14.0. The molecule has 0 radical (unpaired) electrons. The molecule has 3 saturated carbocycles. The van der Waals surface area contributed by atoms with Crippen molar-refractivity contribution in [3.63, 3.8) is 0 Å². The minimum atomic E-state index is -0.0619. The first-order chi connectivity index (χ1) is 20.0. The van der Waals surface area contributed by atoms with Gasteiger partial charge in [0.2, 0.25) is 0 Å². The van der Waals surface area contributed by atoms with Gasteiger partial charge in [-0.3, -0.25) is 9.36 Å². The van der Waals surface area contributed by atoms with E-state index < -0.39 is 0 Å². The number of aromatic nitrogens is 2. The smallest absolute Gasteiger partial charge is 0.261 e. The lowest BCUT2D eigenvalue weighted by molar-refractivity contribution is -0.108. The van der Waals surface area contributed by atoms with Crippen LogP contribution in [0.4, 0.5) is 5.69 Å². The lowest BCUT2D eigenvalue weighted by atomic mass is 9.45. The van der Waals surface area contributed by atoms with Crippen LogP contribution in [0.3, 0.4) is 0 Å². The monoisotopic (exact) mass is 608 g/mol. The highest BCUT2D eigenvalue weighted by atomic mass is 35.5. The number of hydrogen-bond donors (Lipinski definition) is 2. The molecule has 4 fully saturated rings.